The van der Waals surface area contributed by atoms with Gasteiger partial charge in [0.25, 0.3) is 0 Å². The molecule has 0 aromatic heterocycles. The van der Waals surface area contributed by atoms with Gasteiger partial charge in [0, 0.05) is 37.6 Å². The summed E-state index contributed by atoms with van der Waals surface area (Å²) in [6, 6.07) is 19.0. The lowest BCUT2D eigenvalue weighted by Gasteiger charge is -2.60. The van der Waals surface area contributed by atoms with Gasteiger partial charge in [0.05, 0.1) is 7.11 Å². The number of piperidine rings is 1. The Morgan fingerprint density at radius 2 is 1.68 bits per heavy atom. The maximum Gasteiger partial charge on any atom is 0.119 e. The van der Waals surface area contributed by atoms with Crippen molar-refractivity contribution in [3.63, 3.8) is 0 Å². The van der Waals surface area contributed by atoms with Crippen LogP contribution in [0.25, 0.3) is 11.1 Å². The van der Waals surface area contributed by atoms with Gasteiger partial charge in [-0.05, 0) is 47.6 Å². The lowest BCUT2D eigenvalue weighted by atomic mass is 9.71. The number of hydrogen-bond acceptors (Lipinski definition) is 3. The molecule has 0 amide bonds. The van der Waals surface area contributed by atoms with E-state index in [4.69, 9.17) is 4.74 Å². The predicted molar refractivity (Wildman–Crippen MR) is 115 cm³/mol. The molecule has 2 aromatic rings. The average Bonchev–Trinajstić information content (AvgIpc) is 2.78. The van der Waals surface area contributed by atoms with Gasteiger partial charge in [0.2, 0.25) is 0 Å². The maximum atomic E-state index is 5.38. The summed E-state index contributed by atoms with van der Waals surface area (Å²) < 4.78 is 5.38. The van der Waals surface area contributed by atoms with E-state index in [0.717, 1.165) is 24.8 Å². The first-order chi connectivity index (χ1) is 13.8. The molecule has 1 N–H and O–H groups in total. The number of ether oxygens (including phenoxy) is 1. The van der Waals surface area contributed by atoms with Crippen molar-refractivity contribution in [2.45, 2.75) is 50.1 Å². The molecule has 28 heavy (non-hydrogen) atoms. The van der Waals surface area contributed by atoms with Crippen LogP contribution >= 0.6 is 0 Å². The Kier molecular flexibility index (Phi) is 5.13. The van der Waals surface area contributed by atoms with E-state index in [1.54, 1.807) is 7.11 Å². The number of nitrogens with one attached hydrogen (secondary N) is 1. The first-order valence-electron chi connectivity index (χ1n) is 11.0. The van der Waals surface area contributed by atoms with Gasteiger partial charge in [-0.3, -0.25) is 4.90 Å². The fourth-order valence-electron chi connectivity index (χ4n) is 5.76. The number of rotatable bonds is 5. The van der Waals surface area contributed by atoms with E-state index in [2.05, 4.69) is 52.7 Å². The second kappa shape index (κ2) is 7.88. The highest BCUT2D eigenvalue weighted by molar-refractivity contribution is 5.65. The van der Waals surface area contributed by atoms with Gasteiger partial charge < -0.3 is 10.1 Å². The van der Waals surface area contributed by atoms with E-state index in [-0.39, 0.29) is 0 Å². The molecule has 148 valence electrons. The van der Waals surface area contributed by atoms with Crippen molar-refractivity contribution in [1.29, 1.82) is 0 Å². The molecule has 1 unspecified atom stereocenters. The van der Waals surface area contributed by atoms with Crippen molar-refractivity contribution < 1.29 is 4.74 Å². The highest BCUT2D eigenvalue weighted by Crippen LogP contribution is 2.44. The topological polar surface area (TPSA) is 24.5 Å². The number of nitrogens with zero attached hydrogens (tertiary/aromatic N) is 1. The maximum absolute atomic E-state index is 5.38. The summed E-state index contributed by atoms with van der Waals surface area (Å²) >= 11 is 0. The van der Waals surface area contributed by atoms with Crippen LogP contribution in [0.15, 0.2) is 48.5 Å². The summed E-state index contributed by atoms with van der Waals surface area (Å²) in [6.45, 7) is 3.62. The highest BCUT2D eigenvalue weighted by Gasteiger charge is 2.51. The zero-order valence-electron chi connectivity index (χ0n) is 16.9. The van der Waals surface area contributed by atoms with Crippen molar-refractivity contribution in [3.8, 4) is 16.9 Å². The van der Waals surface area contributed by atoms with Gasteiger partial charge in [-0.25, -0.2) is 0 Å². The van der Waals surface area contributed by atoms with Crippen LogP contribution in [0.3, 0.4) is 0 Å². The van der Waals surface area contributed by atoms with E-state index >= 15 is 0 Å². The number of benzene rings is 2. The largest absolute Gasteiger partial charge is 0.497 e. The molecule has 3 nitrogen and oxygen atoms in total. The van der Waals surface area contributed by atoms with E-state index in [1.807, 2.05) is 6.07 Å². The summed E-state index contributed by atoms with van der Waals surface area (Å²) in [5, 5.41) is 3.65. The predicted octanol–water partition coefficient (Wildman–Crippen LogP) is 4.68. The molecule has 1 aliphatic carbocycles. The normalized spacial score (nSPS) is 28.0. The molecule has 0 radical (unpaired) electrons. The fraction of sp³-hybridized carbons (Fsp3) is 0.520. The third kappa shape index (κ3) is 3.35. The van der Waals surface area contributed by atoms with E-state index in [9.17, 15) is 0 Å². The third-order valence-corrected chi connectivity index (χ3v) is 7.28. The zero-order valence-corrected chi connectivity index (χ0v) is 16.9. The smallest absolute Gasteiger partial charge is 0.119 e. The number of likely N-dealkylation sites (tertiary alicyclic amines) is 1. The van der Waals surface area contributed by atoms with Crippen molar-refractivity contribution in [1.82, 2.24) is 10.2 Å². The highest BCUT2D eigenvalue weighted by atomic mass is 16.5. The van der Waals surface area contributed by atoms with Gasteiger partial charge in [-0.2, -0.15) is 0 Å². The van der Waals surface area contributed by atoms with Gasteiger partial charge >= 0.3 is 0 Å². The Labute approximate surface area is 169 Å². The van der Waals surface area contributed by atoms with Crippen LogP contribution < -0.4 is 10.1 Å². The summed E-state index contributed by atoms with van der Waals surface area (Å²) in [4.78, 5) is 2.83. The van der Waals surface area contributed by atoms with Crippen LogP contribution in [0, 0.1) is 5.92 Å². The van der Waals surface area contributed by atoms with Crippen LogP contribution in [-0.4, -0.2) is 43.7 Å². The summed E-state index contributed by atoms with van der Waals surface area (Å²) in [5.41, 5.74) is 4.01. The molecule has 0 spiro atoms. The van der Waals surface area contributed by atoms with E-state index < -0.39 is 0 Å². The molecule has 3 aliphatic rings. The van der Waals surface area contributed by atoms with Crippen LogP contribution in [0.4, 0.5) is 0 Å². The number of piperazine rings is 1. The monoisotopic (exact) mass is 376 g/mol. The van der Waals surface area contributed by atoms with Gasteiger partial charge in [-0.15, -0.1) is 0 Å². The molecule has 2 aromatic carbocycles. The quantitative estimate of drug-likeness (QED) is 0.820. The number of hydrogen-bond donors (Lipinski definition) is 1. The Bertz CT molecular complexity index is 784. The molecule has 2 bridgehead atoms. The average molecular weight is 377 g/mol. The Morgan fingerprint density at radius 1 is 0.929 bits per heavy atom. The first kappa shape index (κ1) is 18.2. The minimum absolute atomic E-state index is 0.684. The fourth-order valence-corrected chi connectivity index (χ4v) is 5.76. The Hall–Kier alpha value is -1.84. The number of fused-ring (bicyclic) bond motifs is 2. The van der Waals surface area contributed by atoms with E-state index in [0.29, 0.717) is 18.0 Å². The van der Waals surface area contributed by atoms with Crippen LogP contribution in [0.1, 0.15) is 43.6 Å². The van der Waals surface area contributed by atoms with Gasteiger partial charge in [-0.1, -0.05) is 55.7 Å². The van der Waals surface area contributed by atoms with Crippen molar-refractivity contribution >= 4 is 0 Å². The van der Waals surface area contributed by atoms with Crippen molar-refractivity contribution in [2.75, 3.05) is 26.7 Å². The third-order valence-electron chi connectivity index (χ3n) is 7.28. The standard InChI is InChI=1S/C25H32N2O/c1-28-22-9-5-8-21(14-22)19-10-12-20(13-11-19)25-23-15-26-16-24(25)27(23)17-18-6-3-2-4-7-18/h5,8-14,18,23-26H,2-4,6-7,15-17H2,1H3/t23-,24+,25?. The van der Waals surface area contributed by atoms with Crippen molar-refractivity contribution in [3.05, 3.63) is 54.1 Å². The van der Waals surface area contributed by atoms with Gasteiger partial charge in [0.15, 0.2) is 0 Å². The second-order valence-electron chi connectivity index (χ2n) is 8.87. The number of methoxy groups -OCH3 is 1. The Balaban J connectivity index is 1.30. The molecular weight excluding hydrogens is 344 g/mol. The Morgan fingerprint density at radius 3 is 2.39 bits per heavy atom. The summed E-state index contributed by atoms with van der Waals surface area (Å²) in [7, 11) is 1.73. The minimum atomic E-state index is 0.684. The lowest BCUT2D eigenvalue weighted by molar-refractivity contribution is -0.0544. The zero-order chi connectivity index (χ0) is 18.9. The molecule has 3 fully saturated rings. The molecular formula is C25H32N2O. The first-order valence-corrected chi connectivity index (χ1v) is 11.0. The van der Waals surface area contributed by atoms with Crippen LogP contribution in [0.2, 0.25) is 0 Å². The van der Waals surface area contributed by atoms with Crippen molar-refractivity contribution in [2.24, 2.45) is 5.92 Å². The van der Waals surface area contributed by atoms with Crippen LogP contribution in [0.5, 0.6) is 5.75 Å². The summed E-state index contributed by atoms with van der Waals surface area (Å²) in [5.74, 6) is 2.55. The molecule has 3 atom stereocenters. The SMILES string of the molecule is COc1cccc(-c2ccc(C3[C@H]4CNC[C@@H]3N4CC3CCCCC3)cc2)c1. The van der Waals surface area contributed by atoms with E-state index in [1.165, 1.54) is 55.3 Å². The lowest BCUT2D eigenvalue weighted by Crippen LogP contribution is -2.73. The molecule has 1 saturated carbocycles. The summed E-state index contributed by atoms with van der Waals surface area (Å²) in [6.07, 6.45) is 7.24. The molecule has 5 rings (SSSR count). The molecule has 2 heterocycles. The molecule has 2 aliphatic heterocycles. The molecule has 2 saturated heterocycles. The molecule has 3 heteroatoms. The van der Waals surface area contributed by atoms with Gasteiger partial charge in [0.1, 0.15) is 5.75 Å². The second-order valence-corrected chi connectivity index (χ2v) is 8.87. The van der Waals surface area contributed by atoms with Crippen LogP contribution in [-0.2, 0) is 0 Å². The minimum Gasteiger partial charge on any atom is -0.497 e.